The quantitative estimate of drug-likeness (QED) is 0.843. The Labute approximate surface area is 118 Å². The number of hydrogen-bond acceptors (Lipinski definition) is 4. The molecule has 0 amide bonds. The van der Waals surface area contributed by atoms with Gasteiger partial charge in [-0.15, -0.1) is 11.8 Å². The second-order valence-electron chi connectivity index (χ2n) is 4.91. The Morgan fingerprint density at radius 1 is 1.26 bits per heavy atom. The Morgan fingerprint density at radius 3 is 2.89 bits per heavy atom. The molecule has 0 bridgehead atoms. The second-order valence-corrected chi connectivity index (χ2v) is 5.76. The normalized spacial score (nSPS) is 16.7. The number of piperidine rings is 1. The molecule has 1 aromatic carbocycles. The minimum atomic E-state index is 0.578. The lowest BCUT2D eigenvalue weighted by Crippen LogP contribution is -2.35. The van der Waals surface area contributed by atoms with Gasteiger partial charge >= 0.3 is 0 Å². The van der Waals surface area contributed by atoms with Crippen molar-refractivity contribution in [3.05, 3.63) is 30.6 Å². The van der Waals surface area contributed by atoms with E-state index >= 15 is 0 Å². The Bertz CT molecular complexity index is 559. The van der Waals surface area contributed by atoms with Gasteiger partial charge in [-0.05, 0) is 38.3 Å². The molecule has 2 aromatic rings. The summed E-state index contributed by atoms with van der Waals surface area (Å²) in [5.41, 5.74) is 1.25. The third kappa shape index (κ3) is 2.69. The SMILES string of the molecule is CSc1cncc2cccc(NC3CCNCC3)c12. The van der Waals surface area contributed by atoms with Crippen molar-refractivity contribution < 1.29 is 0 Å². The van der Waals surface area contributed by atoms with Crippen molar-refractivity contribution in [3.8, 4) is 0 Å². The average molecular weight is 273 g/mol. The summed E-state index contributed by atoms with van der Waals surface area (Å²) in [4.78, 5) is 5.56. The number of rotatable bonds is 3. The number of benzene rings is 1. The van der Waals surface area contributed by atoms with Crippen LogP contribution in [0.15, 0.2) is 35.5 Å². The standard InChI is InChI=1S/C15H19N3S/c1-19-14-10-17-9-11-3-2-4-13(15(11)14)18-12-5-7-16-8-6-12/h2-4,9-10,12,16,18H,5-8H2,1H3. The molecule has 1 aliphatic heterocycles. The molecule has 100 valence electrons. The largest absolute Gasteiger partial charge is 0.382 e. The van der Waals surface area contributed by atoms with E-state index in [1.54, 1.807) is 11.8 Å². The number of aromatic nitrogens is 1. The first-order chi connectivity index (χ1) is 9.38. The third-order valence-corrected chi connectivity index (χ3v) is 4.42. The van der Waals surface area contributed by atoms with Crippen LogP contribution in [-0.4, -0.2) is 30.4 Å². The summed E-state index contributed by atoms with van der Waals surface area (Å²) in [5, 5.41) is 9.65. The number of nitrogens with zero attached hydrogens (tertiary/aromatic N) is 1. The predicted molar refractivity (Wildman–Crippen MR) is 83.0 cm³/mol. The van der Waals surface area contributed by atoms with Gasteiger partial charge in [0.25, 0.3) is 0 Å². The van der Waals surface area contributed by atoms with Crippen molar-refractivity contribution in [2.45, 2.75) is 23.8 Å². The fourth-order valence-electron chi connectivity index (χ4n) is 2.66. The fourth-order valence-corrected chi connectivity index (χ4v) is 3.26. The number of pyridine rings is 1. The van der Waals surface area contributed by atoms with Crippen LogP contribution in [0.2, 0.25) is 0 Å². The third-order valence-electron chi connectivity index (χ3n) is 3.67. The molecule has 0 spiro atoms. The zero-order valence-corrected chi connectivity index (χ0v) is 12.0. The highest BCUT2D eigenvalue weighted by Crippen LogP contribution is 2.32. The van der Waals surface area contributed by atoms with Crippen LogP contribution in [0.5, 0.6) is 0 Å². The Kier molecular flexibility index (Phi) is 3.89. The summed E-state index contributed by atoms with van der Waals surface area (Å²) in [5.74, 6) is 0. The second kappa shape index (κ2) is 5.80. The van der Waals surface area contributed by atoms with Gasteiger partial charge in [0.15, 0.2) is 0 Å². The molecule has 3 rings (SSSR count). The van der Waals surface area contributed by atoms with Gasteiger partial charge in [-0.25, -0.2) is 0 Å². The van der Waals surface area contributed by atoms with Crippen molar-refractivity contribution in [2.75, 3.05) is 24.7 Å². The topological polar surface area (TPSA) is 37.0 Å². The molecule has 0 unspecified atom stereocenters. The number of hydrogen-bond donors (Lipinski definition) is 2. The van der Waals surface area contributed by atoms with E-state index in [-0.39, 0.29) is 0 Å². The van der Waals surface area contributed by atoms with Crippen molar-refractivity contribution in [1.82, 2.24) is 10.3 Å². The molecule has 3 nitrogen and oxygen atoms in total. The maximum Gasteiger partial charge on any atom is 0.0434 e. The van der Waals surface area contributed by atoms with Gasteiger partial charge in [-0.2, -0.15) is 0 Å². The van der Waals surface area contributed by atoms with Crippen molar-refractivity contribution in [1.29, 1.82) is 0 Å². The molecule has 2 heterocycles. The molecule has 2 N–H and O–H groups in total. The minimum Gasteiger partial charge on any atom is -0.382 e. The van der Waals surface area contributed by atoms with Crippen LogP contribution in [-0.2, 0) is 0 Å². The zero-order valence-electron chi connectivity index (χ0n) is 11.1. The highest BCUT2D eigenvalue weighted by Gasteiger charge is 2.14. The lowest BCUT2D eigenvalue weighted by molar-refractivity contribution is 0.479. The first-order valence-corrected chi connectivity index (χ1v) is 7.99. The van der Waals surface area contributed by atoms with Crippen molar-refractivity contribution in [3.63, 3.8) is 0 Å². The lowest BCUT2D eigenvalue weighted by Gasteiger charge is -2.25. The summed E-state index contributed by atoms with van der Waals surface area (Å²) in [6.45, 7) is 2.22. The van der Waals surface area contributed by atoms with E-state index in [1.807, 2.05) is 12.4 Å². The van der Waals surface area contributed by atoms with Gasteiger partial charge in [0, 0.05) is 39.8 Å². The summed E-state index contributed by atoms with van der Waals surface area (Å²) < 4.78 is 0. The summed E-state index contributed by atoms with van der Waals surface area (Å²) in [7, 11) is 0. The lowest BCUT2D eigenvalue weighted by atomic mass is 10.0. The molecule has 0 saturated carbocycles. The van der Waals surface area contributed by atoms with Gasteiger partial charge in [0.1, 0.15) is 0 Å². The van der Waals surface area contributed by atoms with Gasteiger partial charge in [0.05, 0.1) is 0 Å². The molecular formula is C15H19N3S. The number of nitrogens with one attached hydrogen (secondary N) is 2. The van der Waals surface area contributed by atoms with Crippen LogP contribution < -0.4 is 10.6 Å². The van der Waals surface area contributed by atoms with E-state index in [9.17, 15) is 0 Å². The van der Waals surface area contributed by atoms with E-state index in [4.69, 9.17) is 0 Å². The first kappa shape index (κ1) is 12.8. The predicted octanol–water partition coefficient (Wildman–Crippen LogP) is 3.12. The van der Waals surface area contributed by atoms with E-state index in [0.29, 0.717) is 6.04 Å². The molecule has 19 heavy (non-hydrogen) atoms. The smallest absolute Gasteiger partial charge is 0.0434 e. The molecule has 0 aliphatic carbocycles. The minimum absolute atomic E-state index is 0.578. The molecule has 0 atom stereocenters. The summed E-state index contributed by atoms with van der Waals surface area (Å²) in [6, 6.07) is 7.01. The summed E-state index contributed by atoms with van der Waals surface area (Å²) in [6.07, 6.45) is 8.40. The highest BCUT2D eigenvalue weighted by molar-refractivity contribution is 7.98. The van der Waals surface area contributed by atoms with Gasteiger partial charge in [-0.3, -0.25) is 4.98 Å². The molecule has 0 radical (unpaired) electrons. The van der Waals surface area contributed by atoms with Crippen LogP contribution in [0.3, 0.4) is 0 Å². The first-order valence-electron chi connectivity index (χ1n) is 6.76. The maximum atomic E-state index is 4.31. The van der Waals surface area contributed by atoms with E-state index < -0.39 is 0 Å². The molecular weight excluding hydrogens is 254 g/mol. The number of thioether (sulfide) groups is 1. The Balaban J connectivity index is 1.97. The molecule has 1 fully saturated rings. The van der Waals surface area contributed by atoms with Crippen LogP contribution in [0.25, 0.3) is 10.8 Å². The highest BCUT2D eigenvalue weighted by atomic mass is 32.2. The molecule has 1 aliphatic rings. The Morgan fingerprint density at radius 2 is 2.11 bits per heavy atom. The Hall–Kier alpha value is -1.26. The van der Waals surface area contributed by atoms with Crippen LogP contribution in [0.4, 0.5) is 5.69 Å². The van der Waals surface area contributed by atoms with E-state index in [1.165, 1.54) is 34.2 Å². The fraction of sp³-hybridized carbons (Fsp3) is 0.400. The summed E-state index contributed by atoms with van der Waals surface area (Å²) >= 11 is 1.76. The van der Waals surface area contributed by atoms with E-state index in [0.717, 1.165) is 13.1 Å². The van der Waals surface area contributed by atoms with Crippen LogP contribution >= 0.6 is 11.8 Å². The molecule has 4 heteroatoms. The maximum absolute atomic E-state index is 4.31. The number of fused-ring (bicyclic) bond motifs is 1. The zero-order chi connectivity index (χ0) is 13.1. The van der Waals surface area contributed by atoms with Crippen molar-refractivity contribution in [2.24, 2.45) is 0 Å². The molecule has 1 aromatic heterocycles. The van der Waals surface area contributed by atoms with Gasteiger partial charge in [-0.1, -0.05) is 12.1 Å². The van der Waals surface area contributed by atoms with Crippen LogP contribution in [0, 0.1) is 0 Å². The van der Waals surface area contributed by atoms with Crippen molar-refractivity contribution >= 4 is 28.2 Å². The van der Waals surface area contributed by atoms with Gasteiger partial charge < -0.3 is 10.6 Å². The van der Waals surface area contributed by atoms with Gasteiger partial charge in [0.2, 0.25) is 0 Å². The monoisotopic (exact) mass is 273 g/mol. The average Bonchev–Trinajstić information content (AvgIpc) is 2.48. The van der Waals surface area contributed by atoms with Crippen LogP contribution in [0.1, 0.15) is 12.8 Å². The molecule has 1 saturated heterocycles. The van der Waals surface area contributed by atoms with E-state index in [2.05, 4.69) is 40.1 Å². The number of anilines is 1.